The van der Waals surface area contributed by atoms with E-state index in [0.717, 1.165) is 19.4 Å². The lowest BCUT2D eigenvalue weighted by Crippen LogP contribution is -2.36. The Morgan fingerprint density at radius 3 is 2.81 bits per heavy atom. The van der Waals surface area contributed by atoms with E-state index in [4.69, 9.17) is 0 Å². The monoisotopic (exact) mass is 309 g/mol. The largest absolute Gasteiger partial charge is 0.314 e. The summed E-state index contributed by atoms with van der Waals surface area (Å²) in [6.45, 7) is 3.06. The summed E-state index contributed by atoms with van der Waals surface area (Å²) in [6.07, 6.45) is 6.61. The first-order chi connectivity index (χ1) is 10.0. The number of likely N-dealkylation sites (N-methyl/N-ethyl adjacent to an activating group) is 1. The van der Waals surface area contributed by atoms with Crippen LogP contribution in [0, 0.1) is 0 Å². The van der Waals surface area contributed by atoms with Gasteiger partial charge in [0.05, 0.1) is 0 Å². The Kier molecular flexibility index (Phi) is 5.82. The van der Waals surface area contributed by atoms with Gasteiger partial charge < -0.3 is 5.32 Å². The van der Waals surface area contributed by atoms with Gasteiger partial charge in [-0.15, -0.1) is 0 Å². The van der Waals surface area contributed by atoms with E-state index >= 15 is 0 Å². The van der Waals surface area contributed by atoms with E-state index in [1.165, 1.54) is 36.6 Å². The van der Waals surface area contributed by atoms with Gasteiger partial charge in [0.15, 0.2) is 0 Å². The number of sulfone groups is 1. The molecular formula is C17H27NO2S. The molecule has 2 atom stereocenters. The van der Waals surface area contributed by atoms with Crippen LogP contribution in [0.5, 0.6) is 0 Å². The maximum absolute atomic E-state index is 11.3. The molecule has 0 spiro atoms. The van der Waals surface area contributed by atoms with Gasteiger partial charge in [0.1, 0.15) is 9.84 Å². The molecule has 1 aliphatic rings. The van der Waals surface area contributed by atoms with Crippen molar-refractivity contribution in [3.8, 4) is 0 Å². The summed E-state index contributed by atoms with van der Waals surface area (Å²) in [7, 11) is -2.85. The van der Waals surface area contributed by atoms with Crippen LogP contribution in [0.4, 0.5) is 0 Å². The molecule has 0 aliphatic heterocycles. The second-order valence-electron chi connectivity index (χ2n) is 6.13. The number of rotatable bonds is 7. The molecule has 4 heteroatoms. The second kappa shape index (κ2) is 7.41. The van der Waals surface area contributed by atoms with Crippen molar-refractivity contribution in [3.63, 3.8) is 0 Å². The zero-order valence-corrected chi connectivity index (χ0v) is 14.0. The smallest absolute Gasteiger partial charge is 0.147 e. The van der Waals surface area contributed by atoms with Crippen LogP contribution in [0.25, 0.3) is 0 Å². The standard InChI is InChI=1S/C17H27NO2S/c1-3-18-17(12-7-13-21(2,19)20)16-11-6-9-14-8-4-5-10-15(14)16/h4-5,8,10,16-18H,3,6-7,9,11-13H2,1-2H3. The van der Waals surface area contributed by atoms with Gasteiger partial charge >= 0.3 is 0 Å². The lowest BCUT2D eigenvalue weighted by molar-refractivity contribution is 0.376. The molecule has 2 unspecified atom stereocenters. The predicted molar refractivity (Wildman–Crippen MR) is 88.5 cm³/mol. The summed E-state index contributed by atoms with van der Waals surface area (Å²) in [5.41, 5.74) is 2.94. The van der Waals surface area contributed by atoms with Crippen LogP contribution in [-0.2, 0) is 16.3 Å². The summed E-state index contributed by atoms with van der Waals surface area (Å²) in [4.78, 5) is 0. The minimum Gasteiger partial charge on any atom is -0.314 e. The van der Waals surface area contributed by atoms with Crippen molar-refractivity contribution < 1.29 is 8.42 Å². The number of fused-ring (bicyclic) bond motifs is 1. The molecule has 0 saturated heterocycles. The zero-order valence-electron chi connectivity index (χ0n) is 13.1. The van der Waals surface area contributed by atoms with Crippen molar-refractivity contribution in [2.75, 3.05) is 18.6 Å². The van der Waals surface area contributed by atoms with E-state index in [-0.39, 0.29) is 0 Å². The molecule has 0 aromatic heterocycles. The maximum atomic E-state index is 11.3. The van der Waals surface area contributed by atoms with Crippen LogP contribution in [0.1, 0.15) is 49.7 Å². The molecule has 118 valence electrons. The van der Waals surface area contributed by atoms with E-state index in [9.17, 15) is 8.42 Å². The first kappa shape index (κ1) is 16.5. The highest BCUT2D eigenvalue weighted by molar-refractivity contribution is 7.90. The number of aryl methyl sites for hydroxylation is 1. The van der Waals surface area contributed by atoms with Crippen molar-refractivity contribution in [2.24, 2.45) is 0 Å². The molecule has 3 nitrogen and oxygen atoms in total. The van der Waals surface area contributed by atoms with E-state index in [1.807, 2.05) is 0 Å². The highest BCUT2D eigenvalue weighted by atomic mass is 32.2. The fraction of sp³-hybridized carbons (Fsp3) is 0.647. The molecule has 0 amide bonds. The second-order valence-corrected chi connectivity index (χ2v) is 8.39. The highest BCUT2D eigenvalue weighted by Crippen LogP contribution is 2.35. The summed E-state index contributed by atoms with van der Waals surface area (Å²) in [5, 5.41) is 3.58. The Balaban J connectivity index is 2.08. The van der Waals surface area contributed by atoms with Crippen LogP contribution in [-0.4, -0.2) is 33.0 Å². The van der Waals surface area contributed by atoms with Crippen LogP contribution >= 0.6 is 0 Å². The third-order valence-electron chi connectivity index (χ3n) is 4.40. The van der Waals surface area contributed by atoms with Gasteiger partial charge in [-0.1, -0.05) is 31.2 Å². The average Bonchev–Trinajstić information content (AvgIpc) is 2.44. The Morgan fingerprint density at radius 1 is 1.33 bits per heavy atom. The van der Waals surface area contributed by atoms with E-state index in [1.54, 1.807) is 0 Å². The Labute approximate surface area is 129 Å². The average molecular weight is 309 g/mol. The van der Waals surface area contributed by atoms with E-state index in [2.05, 4.69) is 36.5 Å². The molecule has 1 aromatic carbocycles. The van der Waals surface area contributed by atoms with Crippen molar-refractivity contribution in [1.82, 2.24) is 5.32 Å². The van der Waals surface area contributed by atoms with Gasteiger partial charge in [0.25, 0.3) is 0 Å². The molecular weight excluding hydrogens is 282 g/mol. The highest BCUT2D eigenvalue weighted by Gasteiger charge is 2.27. The topological polar surface area (TPSA) is 46.2 Å². The first-order valence-electron chi connectivity index (χ1n) is 8.00. The number of benzene rings is 1. The van der Waals surface area contributed by atoms with Crippen LogP contribution in [0.2, 0.25) is 0 Å². The molecule has 0 radical (unpaired) electrons. The van der Waals surface area contributed by atoms with Gasteiger partial charge in [-0.05, 0) is 55.7 Å². The molecule has 1 N–H and O–H groups in total. The van der Waals surface area contributed by atoms with Gasteiger partial charge in [0, 0.05) is 18.1 Å². The molecule has 2 rings (SSSR count). The van der Waals surface area contributed by atoms with Gasteiger partial charge in [0.2, 0.25) is 0 Å². The summed E-state index contributed by atoms with van der Waals surface area (Å²) in [5.74, 6) is 0.818. The lowest BCUT2D eigenvalue weighted by atomic mass is 9.77. The number of nitrogens with one attached hydrogen (secondary N) is 1. The van der Waals surface area contributed by atoms with Crippen LogP contribution in [0.3, 0.4) is 0 Å². The SMILES string of the molecule is CCNC(CCCS(C)(=O)=O)C1CCCc2ccccc21. The quantitative estimate of drug-likeness (QED) is 0.842. The zero-order chi connectivity index (χ0) is 15.3. The molecule has 0 fully saturated rings. The van der Waals surface area contributed by atoms with Crippen molar-refractivity contribution in [2.45, 2.75) is 51.0 Å². The normalized spacial score (nSPS) is 20.0. The minimum absolute atomic E-state index is 0.295. The maximum Gasteiger partial charge on any atom is 0.147 e. The fourth-order valence-electron chi connectivity index (χ4n) is 3.48. The van der Waals surface area contributed by atoms with Gasteiger partial charge in [-0.2, -0.15) is 0 Å². The Hall–Kier alpha value is -0.870. The summed E-state index contributed by atoms with van der Waals surface area (Å²) >= 11 is 0. The molecule has 1 aliphatic carbocycles. The molecule has 21 heavy (non-hydrogen) atoms. The molecule has 1 aromatic rings. The van der Waals surface area contributed by atoms with E-state index in [0.29, 0.717) is 17.7 Å². The Bertz CT molecular complexity index is 554. The van der Waals surface area contributed by atoms with Gasteiger partial charge in [-0.25, -0.2) is 8.42 Å². The van der Waals surface area contributed by atoms with Crippen LogP contribution in [0.15, 0.2) is 24.3 Å². The molecule has 0 saturated carbocycles. The molecule has 0 heterocycles. The lowest BCUT2D eigenvalue weighted by Gasteiger charge is -2.33. The van der Waals surface area contributed by atoms with Gasteiger partial charge in [-0.3, -0.25) is 0 Å². The summed E-state index contributed by atoms with van der Waals surface area (Å²) < 4.78 is 22.6. The Morgan fingerprint density at radius 2 is 2.10 bits per heavy atom. The third-order valence-corrected chi connectivity index (χ3v) is 5.43. The fourth-order valence-corrected chi connectivity index (χ4v) is 4.17. The predicted octanol–water partition coefficient (Wildman–Crippen LogP) is 2.91. The van der Waals surface area contributed by atoms with Crippen molar-refractivity contribution >= 4 is 9.84 Å². The minimum atomic E-state index is -2.85. The van der Waals surface area contributed by atoms with Crippen molar-refractivity contribution in [1.29, 1.82) is 0 Å². The summed E-state index contributed by atoms with van der Waals surface area (Å²) in [6, 6.07) is 9.11. The number of hydrogen-bond donors (Lipinski definition) is 1. The van der Waals surface area contributed by atoms with Crippen molar-refractivity contribution in [3.05, 3.63) is 35.4 Å². The third kappa shape index (κ3) is 4.82. The first-order valence-corrected chi connectivity index (χ1v) is 10.1. The van der Waals surface area contributed by atoms with E-state index < -0.39 is 9.84 Å². The number of hydrogen-bond acceptors (Lipinski definition) is 3. The molecule has 0 bridgehead atoms. The van der Waals surface area contributed by atoms with Crippen LogP contribution < -0.4 is 5.32 Å².